The minimum atomic E-state index is -4.00. The summed E-state index contributed by atoms with van der Waals surface area (Å²) in [4.78, 5) is 12.0. The number of amides is 1. The van der Waals surface area contributed by atoms with Gasteiger partial charge in [0.05, 0.1) is 10.7 Å². The van der Waals surface area contributed by atoms with Crippen molar-refractivity contribution in [1.82, 2.24) is 4.31 Å². The van der Waals surface area contributed by atoms with E-state index in [-0.39, 0.29) is 5.56 Å². The normalized spacial score (nSPS) is 15.9. The van der Waals surface area contributed by atoms with E-state index < -0.39 is 26.6 Å². The van der Waals surface area contributed by atoms with Gasteiger partial charge in [-0.1, -0.05) is 36.6 Å². The van der Waals surface area contributed by atoms with Crippen molar-refractivity contribution in [2.75, 3.05) is 18.4 Å². The number of sulfonamides is 1. The molecular weight excluding hydrogens is 391 g/mol. The lowest BCUT2D eigenvalue weighted by molar-refractivity contribution is 0.102. The molecule has 1 heterocycles. The van der Waals surface area contributed by atoms with Crippen LogP contribution in [0.1, 0.15) is 36.0 Å². The lowest BCUT2D eigenvalue weighted by atomic mass is 10.2. The van der Waals surface area contributed by atoms with Crippen LogP contribution in [-0.4, -0.2) is 31.7 Å². The maximum Gasteiger partial charge on any atom is 0.255 e. The Morgan fingerprint density at radius 3 is 2.37 bits per heavy atom. The number of para-hydroxylation sites is 1. The summed E-state index contributed by atoms with van der Waals surface area (Å²) in [6.45, 7) is 0.718. The molecule has 27 heavy (non-hydrogen) atoms. The van der Waals surface area contributed by atoms with E-state index in [0.29, 0.717) is 23.8 Å². The Bertz CT molecular complexity index is 942. The fraction of sp³-hybridized carbons (Fsp3) is 0.316. The topological polar surface area (TPSA) is 66.5 Å². The number of carbonyl (C=O) groups excluding carboxylic acids is 1. The molecule has 0 saturated carbocycles. The van der Waals surface area contributed by atoms with Gasteiger partial charge in [-0.3, -0.25) is 4.79 Å². The van der Waals surface area contributed by atoms with Crippen LogP contribution in [0.25, 0.3) is 0 Å². The Balaban J connectivity index is 1.89. The van der Waals surface area contributed by atoms with Crippen LogP contribution in [0.2, 0.25) is 5.02 Å². The molecule has 0 aromatic heterocycles. The van der Waals surface area contributed by atoms with Gasteiger partial charge in [0.15, 0.2) is 0 Å². The van der Waals surface area contributed by atoms with E-state index in [1.807, 2.05) is 0 Å². The molecule has 0 atom stereocenters. The third-order valence-electron chi connectivity index (χ3n) is 4.50. The van der Waals surface area contributed by atoms with Crippen LogP contribution in [0.5, 0.6) is 0 Å². The van der Waals surface area contributed by atoms with Crippen LogP contribution < -0.4 is 5.32 Å². The van der Waals surface area contributed by atoms with E-state index in [2.05, 4.69) is 5.32 Å². The van der Waals surface area contributed by atoms with Crippen molar-refractivity contribution >= 4 is 33.2 Å². The van der Waals surface area contributed by atoms with Crippen LogP contribution in [0.15, 0.2) is 47.4 Å². The summed E-state index contributed by atoms with van der Waals surface area (Å²) >= 11 is 6.02. The Morgan fingerprint density at radius 1 is 1.04 bits per heavy atom. The van der Waals surface area contributed by atoms with E-state index in [9.17, 15) is 17.6 Å². The lowest BCUT2D eigenvalue weighted by Gasteiger charge is -2.20. The van der Waals surface area contributed by atoms with Gasteiger partial charge < -0.3 is 5.32 Å². The highest BCUT2D eigenvalue weighted by Crippen LogP contribution is 2.25. The number of nitrogens with one attached hydrogen (secondary N) is 1. The maximum absolute atomic E-state index is 14.3. The number of nitrogens with zero attached hydrogens (tertiary/aromatic N) is 1. The molecule has 144 valence electrons. The second-order valence-electron chi connectivity index (χ2n) is 6.40. The molecule has 5 nitrogen and oxygen atoms in total. The number of hydrogen-bond donors (Lipinski definition) is 1. The van der Waals surface area contributed by atoms with Crippen molar-refractivity contribution in [2.24, 2.45) is 0 Å². The van der Waals surface area contributed by atoms with Crippen molar-refractivity contribution in [1.29, 1.82) is 0 Å². The van der Waals surface area contributed by atoms with Gasteiger partial charge in [0, 0.05) is 18.7 Å². The smallest absolute Gasteiger partial charge is 0.255 e. The van der Waals surface area contributed by atoms with Gasteiger partial charge in [0.25, 0.3) is 5.91 Å². The summed E-state index contributed by atoms with van der Waals surface area (Å²) in [5.41, 5.74) is 0.440. The molecular formula is C19H20ClFN2O3S. The van der Waals surface area contributed by atoms with E-state index in [0.717, 1.165) is 37.8 Å². The first kappa shape index (κ1) is 19.8. The second kappa shape index (κ2) is 8.37. The first-order valence-corrected chi connectivity index (χ1v) is 10.6. The minimum absolute atomic E-state index is 0.0460. The van der Waals surface area contributed by atoms with Crippen molar-refractivity contribution in [2.45, 2.75) is 30.6 Å². The molecule has 1 aliphatic heterocycles. The SMILES string of the molecule is O=C(Nc1ccccc1Cl)c1ccc(F)c(S(=O)(=O)N2CCCCCC2)c1. The zero-order chi connectivity index (χ0) is 19.4. The van der Waals surface area contributed by atoms with Gasteiger partial charge in [-0.2, -0.15) is 4.31 Å². The summed E-state index contributed by atoms with van der Waals surface area (Å²) in [6, 6.07) is 10.0. The molecule has 2 aromatic carbocycles. The Labute approximate surface area is 163 Å². The fourth-order valence-electron chi connectivity index (χ4n) is 3.02. The zero-order valence-corrected chi connectivity index (χ0v) is 16.2. The molecule has 0 bridgehead atoms. The van der Waals surface area contributed by atoms with Crippen LogP contribution in [-0.2, 0) is 10.0 Å². The molecule has 0 spiro atoms. The fourth-order valence-corrected chi connectivity index (χ4v) is 4.81. The zero-order valence-electron chi connectivity index (χ0n) is 14.6. The summed E-state index contributed by atoms with van der Waals surface area (Å²) in [6.07, 6.45) is 3.39. The van der Waals surface area contributed by atoms with Gasteiger partial charge in [-0.05, 0) is 43.2 Å². The van der Waals surface area contributed by atoms with Crippen LogP contribution in [0.4, 0.5) is 10.1 Å². The predicted molar refractivity (Wildman–Crippen MR) is 103 cm³/mol. The van der Waals surface area contributed by atoms with E-state index in [1.54, 1.807) is 24.3 Å². The Morgan fingerprint density at radius 2 is 1.70 bits per heavy atom. The monoisotopic (exact) mass is 410 g/mol. The van der Waals surface area contributed by atoms with Crippen LogP contribution >= 0.6 is 11.6 Å². The van der Waals surface area contributed by atoms with Crippen molar-refractivity contribution in [3.63, 3.8) is 0 Å². The van der Waals surface area contributed by atoms with Crippen molar-refractivity contribution in [3.8, 4) is 0 Å². The summed E-state index contributed by atoms with van der Waals surface area (Å²) in [7, 11) is -4.00. The molecule has 1 saturated heterocycles. The maximum atomic E-state index is 14.3. The molecule has 2 aromatic rings. The van der Waals surface area contributed by atoms with Crippen LogP contribution in [0.3, 0.4) is 0 Å². The second-order valence-corrected chi connectivity index (χ2v) is 8.71. The molecule has 1 amide bonds. The van der Waals surface area contributed by atoms with E-state index in [4.69, 9.17) is 11.6 Å². The molecule has 1 aliphatic rings. The summed E-state index contributed by atoms with van der Waals surface area (Å²) in [5, 5.41) is 2.96. The number of halogens is 2. The van der Waals surface area contributed by atoms with Gasteiger partial charge >= 0.3 is 0 Å². The highest BCUT2D eigenvalue weighted by molar-refractivity contribution is 7.89. The Hall–Kier alpha value is -1.96. The lowest BCUT2D eigenvalue weighted by Crippen LogP contribution is -2.32. The standard InChI is InChI=1S/C19H20ClFN2O3S/c20-15-7-3-4-8-17(15)22-19(24)14-9-10-16(21)18(13-14)27(25,26)23-11-5-1-2-6-12-23/h3-4,7-10,13H,1-2,5-6,11-12H2,(H,22,24). The summed E-state index contributed by atoms with van der Waals surface area (Å²) < 4.78 is 41.4. The molecule has 0 unspecified atom stereocenters. The van der Waals surface area contributed by atoms with Gasteiger partial charge in [0.1, 0.15) is 10.7 Å². The average Bonchev–Trinajstić information content (AvgIpc) is 2.94. The predicted octanol–water partition coefficient (Wildman–Crippen LogP) is 4.30. The number of carbonyl (C=O) groups is 1. The molecule has 1 fully saturated rings. The number of rotatable bonds is 4. The minimum Gasteiger partial charge on any atom is -0.321 e. The van der Waals surface area contributed by atoms with Gasteiger partial charge in [0.2, 0.25) is 10.0 Å². The van der Waals surface area contributed by atoms with Crippen LogP contribution in [0, 0.1) is 5.82 Å². The first-order chi connectivity index (χ1) is 12.9. The van der Waals surface area contributed by atoms with E-state index >= 15 is 0 Å². The number of benzene rings is 2. The number of hydrogen-bond acceptors (Lipinski definition) is 3. The summed E-state index contributed by atoms with van der Waals surface area (Å²) in [5.74, 6) is -1.43. The van der Waals surface area contributed by atoms with Crippen molar-refractivity contribution < 1.29 is 17.6 Å². The molecule has 0 aliphatic carbocycles. The third-order valence-corrected chi connectivity index (χ3v) is 6.74. The third kappa shape index (κ3) is 4.48. The average molecular weight is 411 g/mol. The number of anilines is 1. The van der Waals surface area contributed by atoms with Gasteiger partial charge in [-0.25, -0.2) is 12.8 Å². The quantitative estimate of drug-likeness (QED) is 0.817. The molecule has 1 N–H and O–H groups in total. The van der Waals surface area contributed by atoms with E-state index in [1.165, 1.54) is 10.4 Å². The molecule has 3 rings (SSSR count). The Kier molecular flexibility index (Phi) is 6.14. The van der Waals surface area contributed by atoms with Gasteiger partial charge in [-0.15, -0.1) is 0 Å². The highest BCUT2D eigenvalue weighted by atomic mass is 35.5. The van der Waals surface area contributed by atoms with Crippen molar-refractivity contribution in [3.05, 3.63) is 58.9 Å². The highest BCUT2D eigenvalue weighted by Gasteiger charge is 2.29. The first-order valence-electron chi connectivity index (χ1n) is 8.75. The molecule has 8 heteroatoms. The molecule has 0 radical (unpaired) electrons. The largest absolute Gasteiger partial charge is 0.321 e.